The van der Waals surface area contributed by atoms with Crippen molar-refractivity contribution in [1.29, 1.82) is 0 Å². The predicted molar refractivity (Wildman–Crippen MR) is 87.6 cm³/mol. The van der Waals surface area contributed by atoms with Crippen molar-refractivity contribution in [3.05, 3.63) is 16.1 Å². The minimum absolute atomic E-state index is 0.140. The van der Waals surface area contributed by atoms with Crippen LogP contribution in [0.3, 0.4) is 0 Å². The average Bonchev–Trinajstić information content (AvgIpc) is 2.93. The maximum atomic E-state index is 12.5. The number of hydrogen-bond acceptors (Lipinski definition) is 4. The zero-order valence-electron chi connectivity index (χ0n) is 12.7. The van der Waals surface area contributed by atoms with Gasteiger partial charge in [0.25, 0.3) is 0 Å². The lowest BCUT2D eigenvalue weighted by molar-refractivity contribution is -0.140. The van der Waals surface area contributed by atoms with Gasteiger partial charge in [0, 0.05) is 18.5 Å². The highest BCUT2D eigenvalue weighted by molar-refractivity contribution is 7.98. The average molecular weight is 354 g/mol. The first-order valence-electron chi connectivity index (χ1n) is 7.00. The molecule has 2 N–H and O–H groups in total. The van der Waals surface area contributed by atoms with Crippen molar-refractivity contribution in [2.24, 2.45) is 4.99 Å². The molecule has 1 rings (SSSR count). The smallest absolute Gasteiger partial charge is 0.357 e. The Labute approximate surface area is 137 Å². The van der Waals surface area contributed by atoms with E-state index in [9.17, 15) is 13.2 Å². The van der Waals surface area contributed by atoms with E-state index in [4.69, 9.17) is 0 Å². The second kappa shape index (κ2) is 9.94. The van der Waals surface area contributed by atoms with Gasteiger partial charge in [-0.3, -0.25) is 0 Å². The molecule has 22 heavy (non-hydrogen) atoms. The van der Waals surface area contributed by atoms with Crippen molar-refractivity contribution in [2.45, 2.75) is 32.5 Å². The molecule has 0 aliphatic rings. The van der Waals surface area contributed by atoms with E-state index in [1.807, 2.05) is 18.7 Å². The molecule has 0 saturated heterocycles. The Balaban J connectivity index is 2.49. The summed E-state index contributed by atoms with van der Waals surface area (Å²) in [5.41, 5.74) is -0.849. The van der Waals surface area contributed by atoms with Gasteiger partial charge in [-0.2, -0.15) is 24.9 Å². The zero-order chi connectivity index (χ0) is 16.4. The van der Waals surface area contributed by atoms with E-state index < -0.39 is 11.9 Å². The molecule has 0 saturated carbocycles. The molecule has 1 aromatic heterocycles. The minimum atomic E-state index is -4.39. The molecule has 4 nitrogen and oxygen atoms in total. The summed E-state index contributed by atoms with van der Waals surface area (Å²) in [7, 11) is 0. The highest BCUT2D eigenvalue weighted by atomic mass is 32.2. The van der Waals surface area contributed by atoms with Crippen LogP contribution in [0.2, 0.25) is 0 Å². The summed E-state index contributed by atoms with van der Waals surface area (Å²) in [6, 6.07) is 0. The van der Waals surface area contributed by atoms with Gasteiger partial charge in [0.1, 0.15) is 5.01 Å². The fraction of sp³-hybridized carbons (Fsp3) is 0.692. The van der Waals surface area contributed by atoms with E-state index in [0.29, 0.717) is 17.5 Å². The van der Waals surface area contributed by atoms with Gasteiger partial charge in [0.05, 0.1) is 6.54 Å². The van der Waals surface area contributed by atoms with Crippen LogP contribution in [-0.2, 0) is 12.7 Å². The molecule has 0 unspecified atom stereocenters. The minimum Gasteiger partial charge on any atom is -0.357 e. The number of hydrogen-bond donors (Lipinski definition) is 2. The molecule has 0 fully saturated rings. The Hall–Kier alpha value is -0.960. The number of nitrogens with zero attached hydrogens (tertiary/aromatic N) is 2. The van der Waals surface area contributed by atoms with Gasteiger partial charge in [-0.25, -0.2) is 9.98 Å². The summed E-state index contributed by atoms with van der Waals surface area (Å²) in [5, 5.41) is 7.62. The molecule has 0 amide bonds. The van der Waals surface area contributed by atoms with Gasteiger partial charge < -0.3 is 10.6 Å². The summed E-state index contributed by atoms with van der Waals surface area (Å²) in [5.74, 6) is 1.73. The highest BCUT2D eigenvalue weighted by Gasteiger charge is 2.33. The Morgan fingerprint density at radius 3 is 2.73 bits per heavy atom. The monoisotopic (exact) mass is 354 g/mol. The molecule has 0 radical (unpaired) electrons. The van der Waals surface area contributed by atoms with E-state index in [1.54, 1.807) is 0 Å². The number of unbranched alkanes of at least 4 members (excludes halogenated alkanes) is 1. The lowest BCUT2D eigenvalue weighted by atomic mass is 10.3. The van der Waals surface area contributed by atoms with Crippen LogP contribution in [0.25, 0.3) is 0 Å². The summed E-state index contributed by atoms with van der Waals surface area (Å²) in [6.07, 6.45) is -0.170. The number of halogens is 3. The topological polar surface area (TPSA) is 49.3 Å². The van der Waals surface area contributed by atoms with Gasteiger partial charge in [-0.1, -0.05) is 0 Å². The normalized spacial score (nSPS) is 12.5. The van der Waals surface area contributed by atoms with Crippen molar-refractivity contribution in [3.8, 4) is 0 Å². The van der Waals surface area contributed by atoms with Crippen molar-refractivity contribution in [2.75, 3.05) is 25.1 Å². The third kappa shape index (κ3) is 7.35. The maximum Gasteiger partial charge on any atom is 0.434 e. The molecule has 1 aromatic rings. The fourth-order valence-corrected chi connectivity index (χ4v) is 2.80. The van der Waals surface area contributed by atoms with Gasteiger partial charge in [0.15, 0.2) is 11.7 Å². The SMILES string of the molecule is CCNC(=NCc1nc(C(F)(F)F)cs1)NCCCCSC. The van der Waals surface area contributed by atoms with Crippen LogP contribution in [0.15, 0.2) is 10.4 Å². The third-order valence-corrected chi connectivity index (χ3v) is 4.16. The highest BCUT2D eigenvalue weighted by Crippen LogP contribution is 2.30. The van der Waals surface area contributed by atoms with Crippen molar-refractivity contribution in [3.63, 3.8) is 0 Å². The quantitative estimate of drug-likeness (QED) is 0.427. The first kappa shape index (κ1) is 19.1. The fourth-order valence-electron chi connectivity index (χ4n) is 1.58. The molecule has 126 valence electrons. The molecule has 9 heteroatoms. The second-order valence-corrected chi connectivity index (χ2v) is 6.37. The molecule has 0 aromatic carbocycles. The summed E-state index contributed by atoms with van der Waals surface area (Å²) in [6.45, 7) is 3.57. The van der Waals surface area contributed by atoms with E-state index >= 15 is 0 Å². The summed E-state index contributed by atoms with van der Waals surface area (Å²) in [4.78, 5) is 7.83. The van der Waals surface area contributed by atoms with Crippen molar-refractivity contribution in [1.82, 2.24) is 15.6 Å². The molecule has 0 atom stereocenters. The van der Waals surface area contributed by atoms with E-state index in [-0.39, 0.29) is 6.54 Å². The van der Waals surface area contributed by atoms with Crippen LogP contribution < -0.4 is 10.6 Å². The summed E-state index contributed by atoms with van der Waals surface area (Å²) < 4.78 is 37.4. The lowest BCUT2D eigenvalue weighted by Crippen LogP contribution is -2.37. The number of guanidine groups is 1. The van der Waals surface area contributed by atoms with Crippen LogP contribution in [0.4, 0.5) is 13.2 Å². The first-order chi connectivity index (χ1) is 10.5. The van der Waals surface area contributed by atoms with Crippen LogP contribution in [0.1, 0.15) is 30.5 Å². The van der Waals surface area contributed by atoms with E-state index in [1.165, 1.54) is 0 Å². The molecular formula is C13H21F3N4S2. The van der Waals surface area contributed by atoms with Crippen molar-refractivity contribution >= 4 is 29.1 Å². The van der Waals surface area contributed by atoms with Gasteiger partial charge in [-0.05, 0) is 31.8 Å². The number of nitrogens with one attached hydrogen (secondary N) is 2. The number of aliphatic imine (C=N–C) groups is 1. The number of thioether (sulfide) groups is 1. The van der Waals surface area contributed by atoms with Crippen LogP contribution in [0, 0.1) is 0 Å². The molecular weight excluding hydrogens is 333 g/mol. The number of aromatic nitrogens is 1. The molecule has 0 aliphatic heterocycles. The largest absolute Gasteiger partial charge is 0.434 e. The Morgan fingerprint density at radius 2 is 2.14 bits per heavy atom. The number of rotatable bonds is 8. The molecule has 0 aliphatic carbocycles. The number of thiazole rings is 1. The first-order valence-corrected chi connectivity index (χ1v) is 9.27. The van der Waals surface area contributed by atoms with Gasteiger partial charge in [0.2, 0.25) is 0 Å². The van der Waals surface area contributed by atoms with Crippen LogP contribution >= 0.6 is 23.1 Å². The zero-order valence-corrected chi connectivity index (χ0v) is 14.3. The predicted octanol–water partition coefficient (Wildman–Crippen LogP) is 3.36. The van der Waals surface area contributed by atoms with Gasteiger partial charge >= 0.3 is 6.18 Å². The standard InChI is InChI=1S/C13H21F3N4S2/c1-3-17-12(18-6-4-5-7-21-2)19-8-11-20-10(9-22-11)13(14,15)16/h9H,3-8H2,1-2H3,(H2,17,18,19). The lowest BCUT2D eigenvalue weighted by Gasteiger charge is -2.10. The molecule has 0 spiro atoms. The third-order valence-electron chi connectivity index (χ3n) is 2.63. The van der Waals surface area contributed by atoms with Crippen molar-refractivity contribution < 1.29 is 13.2 Å². The summed E-state index contributed by atoms with van der Waals surface area (Å²) >= 11 is 2.79. The second-order valence-electron chi connectivity index (χ2n) is 4.45. The Kier molecular flexibility index (Phi) is 8.62. The molecule has 1 heterocycles. The van der Waals surface area contributed by atoms with E-state index in [0.717, 1.165) is 41.9 Å². The maximum absolute atomic E-state index is 12.5. The molecule has 0 bridgehead atoms. The van der Waals surface area contributed by atoms with Gasteiger partial charge in [-0.15, -0.1) is 11.3 Å². The van der Waals surface area contributed by atoms with E-state index in [2.05, 4.69) is 26.9 Å². The van der Waals surface area contributed by atoms with Crippen LogP contribution in [0.5, 0.6) is 0 Å². The number of alkyl halides is 3. The Morgan fingerprint density at radius 1 is 1.36 bits per heavy atom. The van der Waals surface area contributed by atoms with Crippen LogP contribution in [-0.4, -0.2) is 36.0 Å². The Bertz CT molecular complexity index is 460.